The summed E-state index contributed by atoms with van der Waals surface area (Å²) >= 11 is 0.577. The number of benzene rings is 2. The Morgan fingerprint density at radius 2 is 1.81 bits per heavy atom. The summed E-state index contributed by atoms with van der Waals surface area (Å²) in [6.45, 7) is 0.190. The molecule has 2 aromatic carbocycles. The highest BCUT2D eigenvalue weighted by Crippen LogP contribution is 2.37. The Morgan fingerprint density at radius 1 is 1.16 bits per heavy atom. The van der Waals surface area contributed by atoms with E-state index in [0.29, 0.717) is 23.9 Å². The Labute approximate surface area is 182 Å². The van der Waals surface area contributed by atoms with Crippen molar-refractivity contribution in [1.29, 1.82) is 10.5 Å². The zero-order valence-electron chi connectivity index (χ0n) is 16.4. The molecule has 0 aromatic heterocycles. The number of ether oxygens (including phenoxy) is 1. The normalized spacial score (nSPS) is 12.9. The number of hydrogen-bond acceptors (Lipinski definition) is 5. The van der Waals surface area contributed by atoms with Gasteiger partial charge in [0.1, 0.15) is 18.2 Å². The molecule has 0 saturated heterocycles. The molecule has 1 N–H and O–H groups in total. The Balaban J connectivity index is 2.31. The Bertz CT molecular complexity index is 1140. The van der Waals surface area contributed by atoms with Crippen LogP contribution in [0.2, 0.25) is 0 Å². The molecule has 1 atom stereocenters. The van der Waals surface area contributed by atoms with E-state index in [4.69, 9.17) is 10.00 Å². The number of nitrogens with one attached hydrogen (secondary N) is 1. The summed E-state index contributed by atoms with van der Waals surface area (Å²) in [6.07, 6.45) is -3.55. The van der Waals surface area contributed by atoms with E-state index in [2.05, 4.69) is 0 Å². The van der Waals surface area contributed by atoms with Gasteiger partial charge in [-0.25, -0.2) is 13.2 Å². The molecule has 0 heterocycles. The van der Waals surface area contributed by atoms with E-state index in [1.165, 1.54) is 6.26 Å². The number of carbonyl (C=O) groups is 1. The van der Waals surface area contributed by atoms with Crippen molar-refractivity contribution >= 4 is 17.7 Å². The van der Waals surface area contributed by atoms with E-state index in [1.807, 2.05) is 5.32 Å². The average Bonchev–Trinajstić information content (AvgIpc) is 2.74. The topological polar surface area (TPSA) is 85.9 Å². The van der Waals surface area contributed by atoms with Gasteiger partial charge in [-0.05, 0) is 37.4 Å². The number of amides is 1. The lowest BCUT2D eigenvalue weighted by molar-refractivity contribution is -0.139. The van der Waals surface area contributed by atoms with Gasteiger partial charge in [-0.2, -0.15) is 23.7 Å². The van der Waals surface area contributed by atoms with Crippen LogP contribution >= 0.6 is 11.8 Å². The number of nitriles is 2. The number of hydrogen-bond donors (Lipinski definition) is 1. The zero-order valence-corrected chi connectivity index (χ0v) is 17.2. The van der Waals surface area contributed by atoms with Crippen LogP contribution < -0.4 is 10.1 Å². The van der Waals surface area contributed by atoms with Gasteiger partial charge in [0.25, 0.3) is 5.91 Å². The first-order valence-electron chi connectivity index (χ1n) is 8.56. The van der Waals surface area contributed by atoms with E-state index >= 15 is 0 Å². The highest BCUT2D eigenvalue weighted by Gasteiger charge is 2.36. The lowest BCUT2D eigenvalue weighted by atomic mass is 10.0. The molecule has 0 fully saturated rings. The van der Waals surface area contributed by atoms with E-state index in [0.717, 1.165) is 19.1 Å². The summed E-state index contributed by atoms with van der Waals surface area (Å²) in [7, 11) is 0. The summed E-state index contributed by atoms with van der Waals surface area (Å²) in [5, 5.41) is 20.3. The Kier molecular flexibility index (Phi) is 7.31. The summed E-state index contributed by atoms with van der Waals surface area (Å²) in [6, 6.07) is 6.01. The predicted molar refractivity (Wildman–Crippen MR) is 101 cm³/mol. The number of halogens is 6. The average molecular weight is 473 g/mol. The number of alkyl halides is 3. The van der Waals surface area contributed by atoms with Gasteiger partial charge in [0.15, 0.2) is 17.2 Å². The summed E-state index contributed by atoms with van der Waals surface area (Å²) in [4.78, 5) is 11.7. The van der Waals surface area contributed by atoms with Crippen LogP contribution in [0.4, 0.5) is 26.3 Å². The zero-order chi connectivity index (χ0) is 24.3. The number of nitrogens with zero attached hydrogens (tertiary/aromatic N) is 2. The molecule has 5 nitrogen and oxygen atoms in total. The standard InChI is InChI=1S/C20H13F6N3O2S/c1-19(8-28,9-31-14-5-10(7-27)3-4-12(14)20(24,25)26)29-18(30)11-6-13(21)17(32-2)16(23)15(11)22/h3-6H,9H2,1-2H3,(H,29,30)/t19-/m0/s1. The quantitative estimate of drug-likeness (QED) is 0.370. The third-order valence-electron chi connectivity index (χ3n) is 4.13. The van der Waals surface area contributed by atoms with Gasteiger partial charge >= 0.3 is 6.18 Å². The molecule has 0 aliphatic heterocycles. The fourth-order valence-electron chi connectivity index (χ4n) is 2.51. The maximum absolute atomic E-state index is 14.2. The first kappa shape index (κ1) is 24.9. The molecule has 0 spiro atoms. The van der Waals surface area contributed by atoms with Crippen molar-refractivity contribution in [3.05, 3.63) is 58.4 Å². The van der Waals surface area contributed by atoms with Crippen LogP contribution in [0.25, 0.3) is 0 Å². The van der Waals surface area contributed by atoms with Crippen LogP contribution in [-0.4, -0.2) is 24.3 Å². The van der Waals surface area contributed by atoms with Gasteiger partial charge in [0.05, 0.1) is 33.7 Å². The molecule has 0 aliphatic carbocycles. The minimum absolute atomic E-state index is 0.155. The van der Waals surface area contributed by atoms with E-state index < -0.39 is 63.5 Å². The molecule has 2 rings (SSSR count). The Morgan fingerprint density at radius 3 is 2.34 bits per heavy atom. The van der Waals surface area contributed by atoms with Crippen LogP contribution in [0.5, 0.6) is 5.75 Å². The van der Waals surface area contributed by atoms with Crippen LogP contribution in [0.3, 0.4) is 0 Å². The van der Waals surface area contributed by atoms with E-state index in [-0.39, 0.29) is 5.56 Å². The molecule has 2 aromatic rings. The van der Waals surface area contributed by atoms with Crippen LogP contribution in [0, 0.1) is 40.1 Å². The second kappa shape index (κ2) is 9.40. The van der Waals surface area contributed by atoms with Gasteiger partial charge in [-0.15, -0.1) is 11.8 Å². The SMILES string of the molecule is CSc1c(F)cc(C(=O)N[C@@](C)(C#N)COc2cc(C#N)ccc2C(F)(F)F)c(F)c1F. The van der Waals surface area contributed by atoms with Crippen LogP contribution in [-0.2, 0) is 6.18 Å². The van der Waals surface area contributed by atoms with Crippen LogP contribution in [0.15, 0.2) is 29.2 Å². The predicted octanol–water partition coefficient (Wildman–Crippen LogP) is 4.81. The highest BCUT2D eigenvalue weighted by molar-refractivity contribution is 7.98. The minimum atomic E-state index is -4.84. The fraction of sp³-hybridized carbons (Fsp3) is 0.250. The molecule has 0 aliphatic rings. The third-order valence-corrected chi connectivity index (χ3v) is 4.92. The molecule has 0 radical (unpaired) electrons. The first-order chi connectivity index (χ1) is 14.9. The maximum Gasteiger partial charge on any atom is 0.419 e. The molecule has 0 bridgehead atoms. The molecule has 0 unspecified atom stereocenters. The van der Waals surface area contributed by atoms with Gasteiger partial charge in [0.2, 0.25) is 0 Å². The summed E-state index contributed by atoms with van der Waals surface area (Å²) in [5.41, 5.74) is -4.45. The molecular formula is C20H13F6N3O2S. The van der Waals surface area contributed by atoms with Crippen LogP contribution in [0.1, 0.15) is 28.4 Å². The van der Waals surface area contributed by atoms with E-state index in [9.17, 15) is 36.4 Å². The highest BCUT2D eigenvalue weighted by atomic mass is 32.2. The Hall–Kier alpha value is -3.38. The minimum Gasteiger partial charge on any atom is -0.489 e. The lowest BCUT2D eigenvalue weighted by Crippen LogP contribution is -2.49. The molecular weight excluding hydrogens is 460 g/mol. The first-order valence-corrected chi connectivity index (χ1v) is 9.78. The van der Waals surface area contributed by atoms with Crippen molar-refractivity contribution in [2.24, 2.45) is 0 Å². The number of carbonyl (C=O) groups excluding carboxylic acids is 1. The molecule has 32 heavy (non-hydrogen) atoms. The maximum atomic E-state index is 14.2. The fourth-order valence-corrected chi connectivity index (χ4v) is 3.04. The second-order valence-corrected chi connectivity index (χ2v) is 7.39. The van der Waals surface area contributed by atoms with Crippen molar-refractivity contribution in [3.63, 3.8) is 0 Å². The van der Waals surface area contributed by atoms with Crippen molar-refractivity contribution in [3.8, 4) is 17.9 Å². The largest absolute Gasteiger partial charge is 0.489 e. The molecule has 0 saturated carbocycles. The summed E-state index contributed by atoms with van der Waals surface area (Å²) < 4.78 is 86.7. The summed E-state index contributed by atoms with van der Waals surface area (Å²) in [5.74, 6) is -6.63. The lowest BCUT2D eigenvalue weighted by Gasteiger charge is -2.25. The van der Waals surface area contributed by atoms with Gasteiger partial charge in [-0.1, -0.05) is 0 Å². The second-order valence-electron chi connectivity index (χ2n) is 6.57. The van der Waals surface area contributed by atoms with Gasteiger partial charge in [-0.3, -0.25) is 4.79 Å². The molecule has 168 valence electrons. The molecule has 1 amide bonds. The van der Waals surface area contributed by atoms with Crippen molar-refractivity contribution < 1.29 is 35.9 Å². The monoisotopic (exact) mass is 473 g/mol. The molecule has 12 heteroatoms. The third kappa shape index (κ3) is 5.26. The van der Waals surface area contributed by atoms with Crippen molar-refractivity contribution in [2.45, 2.75) is 23.5 Å². The van der Waals surface area contributed by atoms with E-state index in [1.54, 1.807) is 12.1 Å². The smallest absolute Gasteiger partial charge is 0.419 e. The van der Waals surface area contributed by atoms with Gasteiger partial charge in [0, 0.05) is 0 Å². The number of rotatable bonds is 6. The van der Waals surface area contributed by atoms with Gasteiger partial charge < -0.3 is 10.1 Å². The number of thioether (sulfide) groups is 1. The van der Waals surface area contributed by atoms with Crippen molar-refractivity contribution in [1.82, 2.24) is 5.32 Å². The van der Waals surface area contributed by atoms with Crippen molar-refractivity contribution in [2.75, 3.05) is 12.9 Å².